The molecule has 1 aromatic carbocycles. The summed E-state index contributed by atoms with van der Waals surface area (Å²) in [5.41, 5.74) is 4.53. The van der Waals surface area contributed by atoms with Crippen LogP contribution in [0.25, 0.3) is 0 Å². The normalized spacial score (nSPS) is 41.6. The number of ketones is 2. The zero-order valence-electron chi connectivity index (χ0n) is 26.2. The Morgan fingerprint density at radius 2 is 1.89 bits per heavy atom. The standard InChI is InChI=1S/C37H41FN2O6/c1-33-12-11-26(42)15-23(33)6-10-27-28-16-31-37(30(44)20-41,34(28,2)18-29(43)36(27,33)38)46-32(45-31)21-3-9-25(40-19-21)17-35(13-14-35)22-4-7-24(39)8-5-22/h3-5,7-9,11-12,15,19,27-29,31-32,41,43H,6,10,13-14,16-18,20,39H2,1-2H3/t27-,28-,29-,31+,32+,33-,34-,36-,37+/m0/s1. The van der Waals surface area contributed by atoms with Gasteiger partial charge in [0, 0.05) is 45.3 Å². The average molecular weight is 629 g/mol. The SMILES string of the molecule is C[C@]12C=CC(=O)C=C1CC[C@H]1[C@@H]3C[C@H]4O[C@@H](c5ccc(CC6(c7ccc(N)cc7)CC6)nc5)O[C@@]4(C(=O)CO)[C@@]3(C)C[C@H](O)[C@@]12F. The van der Waals surface area contributed by atoms with E-state index >= 15 is 4.39 Å². The van der Waals surface area contributed by atoms with E-state index in [9.17, 15) is 19.8 Å². The molecule has 9 heteroatoms. The topological polar surface area (TPSA) is 132 Å². The Balaban J connectivity index is 1.07. The number of hydrogen-bond acceptors (Lipinski definition) is 8. The van der Waals surface area contributed by atoms with Crippen LogP contribution in [-0.2, 0) is 30.9 Å². The number of nitrogens with two attached hydrogens (primary N) is 1. The van der Waals surface area contributed by atoms with Crippen LogP contribution in [0.1, 0.15) is 75.5 Å². The van der Waals surface area contributed by atoms with Crippen LogP contribution in [0, 0.1) is 22.7 Å². The predicted octanol–water partition coefficient (Wildman–Crippen LogP) is 4.63. The number of anilines is 1. The molecule has 4 N–H and O–H groups in total. The van der Waals surface area contributed by atoms with E-state index in [1.54, 1.807) is 19.2 Å². The number of aliphatic hydroxyl groups is 2. The summed E-state index contributed by atoms with van der Waals surface area (Å²) in [6.45, 7) is 2.91. The van der Waals surface area contributed by atoms with Gasteiger partial charge in [-0.25, -0.2) is 4.39 Å². The van der Waals surface area contributed by atoms with Crippen molar-refractivity contribution >= 4 is 17.3 Å². The molecule has 0 unspecified atom stereocenters. The number of Topliss-reactive ketones (excluding diaryl/α,β-unsaturated/α-hetero) is 1. The molecule has 6 aliphatic rings. The Kier molecular flexibility index (Phi) is 6.47. The largest absolute Gasteiger partial charge is 0.399 e. The number of pyridine rings is 1. The number of carbonyl (C=O) groups is 2. The Labute approximate surface area is 267 Å². The second-order valence-corrected chi connectivity index (χ2v) is 15.1. The van der Waals surface area contributed by atoms with Gasteiger partial charge in [-0.2, -0.15) is 0 Å². The van der Waals surface area contributed by atoms with Gasteiger partial charge in [0.1, 0.15) is 6.61 Å². The minimum Gasteiger partial charge on any atom is -0.399 e. The molecule has 8 nitrogen and oxygen atoms in total. The quantitative estimate of drug-likeness (QED) is 0.395. The van der Waals surface area contributed by atoms with E-state index in [4.69, 9.17) is 20.2 Å². The van der Waals surface area contributed by atoms with E-state index in [0.717, 1.165) is 30.6 Å². The first kappa shape index (κ1) is 30.1. The number of nitrogen functional groups attached to an aromatic ring is 1. The van der Waals surface area contributed by atoms with Crippen molar-refractivity contribution < 1.29 is 33.7 Å². The monoisotopic (exact) mass is 628 g/mol. The zero-order valence-corrected chi connectivity index (χ0v) is 26.2. The van der Waals surface area contributed by atoms with Crippen LogP contribution in [0.2, 0.25) is 0 Å². The summed E-state index contributed by atoms with van der Waals surface area (Å²) >= 11 is 0. The lowest BCUT2D eigenvalue weighted by molar-refractivity contribution is -0.231. The van der Waals surface area contributed by atoms with E-state index < -0.39 is 58.9 Å². The summed E-state index contributed by atoms with van der Waals surface area (Å²) in [6, 6.07) is 11.9. The Morgan fingerprint density at radius 1 is 1.13 bits per heavy atom. The predicted molar refractivity (Wildman–Crippen MR) is 167 cm³/mol. The molecule has 2 aromatic rings. The molecule has 5 aliphatic carbocycles. The molecule has 9 atom stereocenters. The van der Waals surface area contributed by atoms with E-state index in [1.165, 1.54) is 17.7 Å². The van der Waals surface area contributed by atoms with Gasteiger partial charge in [-0.05, 0) is 93.7 Å². The van der Waals surface area contributed by atoms with Crippen LogP contribution in [-0.4, -0.2) is 56.8 Å². The Morgan fingerprint density at radius 3 is 2.57 bits per heavy atom. The number of carbonyl (C=O) groups excluding carboxylic acids is 2. The van der Waals surface area contributed by atoms with Crippen LogP contribution >= 0.6 is 0 Å². The lowest BCUT2D eigenvalue weighted by atomic mass is 9.44. The molecule has 8 rings (SSSR count). The molecule has 1 saturated heterocycles. The first-order valence-electron chi connectivity index (χ1n) is 16.5. The number of allylic oxidation sites excluding steroid dienone is 4. The van der Waals surface area contributed by atoms with Gasteiger partial charge in [-0.3, -0.25) is 14.6 Å². The van der Waals surface area contributed by atoms with Gasteiger partial charge < -0.3 is 25.4 Å². The summed E-state index contributed by atoms with van der Waals surface area (Å²) in [5.74, 6) is -1.64. The number of hydrogen-bond donors (Lipinski definition) is 3. The number of alkyl halides is 1. The summed E-state index contributed by atoms with van der Waals surface area (Å²) in [4.78, 5) is 30.7. The van der Waals surface area contributed by atoms with Crippen molar-refractivity contribution in [1.82, 2.24) is 4.98 Å². The Bertz CT molecular complexity index is 1670. The van der Waals surface area contributed by atoms with Crippen molar-refractivity contribution in [2.24, 2.45) is 22.7 Å². The minimum absolute atomic E-state index is 0.0436. The first-order valence-corrected chi connectivity index (χ1v) is 16.5. The van der Waals surface area contributed by atoms with E-state index in [0.29, 0.717) is 30.4 Å². The van der Waals surface area contributed by atoms with Crippen LogP contribution in [0.15, 0.2) is 66.4 Å². The van der Waals surface area contributed by atoms with Crippen LogP contribution in [0.5, 0.6) is 0 Å². The molecule has 46 heavy (non-hydrogen) atoms. The first-order chi connectivity index (χ1) is 21.9. The third-order valence-electron chi connectivity index (χ3n) is 13.0. The molecule has 2 heterocycles. The van der Waals surface area contributed by atoms with Gasteiger partial charge in [-0.1, -0.05) is 36.8 Å². The molecule has 5 fully saturated rings. The molecule has 1 aromatic heterocycles. The molecule has 1 aliphatic heterocycles. The van der Waals surface area contributed by atoms with Gasteiger partial charge in [0.05, 0.1) is 12.2 Å². The molecule has 0 bridgehead atoms. The Hall–Kier alpha value is -3.24. The molecule has 242 valence electrons. The molecular weight excluding hydrogens is 587 g/mol. The smallest absolute Gasteiger partial charge is 0.193 e. The number of benzene rings is 1. The van der Waals surface area contributed by atoms with E-state index in [1.807, 2.05) is 31.2 Å². The highest BCUT2D eigenvalue weighted by atomic mass is 19.1. The van der Waals surface area contributed by atoms with Crippen molar-refractivity contribution in [1.29, 1.82) is 0 Å². The molecule has 0 spiro atoms. The lowest BCUT2D eigenvalue weighted by Crippen LogP contribution is -2.69. The molecule has 0 amide bonds. The van der Waals surface area contributed by atoms with Gasteiger partial charge >= 0.3 is 0 Å². The second-order valence-electron chi connectivity index (χ2n) is 15.1. The van der Waals surface area contributed by atoms with Crippen molar-refractivity contribution in [3.63, 3.8) is 0 Å². The van der Waals surface area contributed by atoms with Gasteiger partial charge in [0.25, 0.3) is 0 Å². The number of rotatable bonds is 6. The van der Waals surface area contributed by atoms with Crippen molar-refractivity contribution in [2.75, 3.05) is 12.3 Å². The highest BCUT2D eigenvalue weighted by molar-refractivity contribution is 6.01. The number of ether oxygens (including phenoxy) is 2. The maximum atomic E-state index is 17.6. The number of halogens is 1. The van der Waals surface area contributed by atoms with Crippen molar-refractivity contribution in [3.8, 4) is 0 Å². The average Bonchev–Trinajstić information content (AvgIpc) is 3.64. The van der Waals surface area contributed by atoms with E-state index in [-0.39, 0.29) is 23.5 Å². The fraction of sp³-hybridized carbons (Fsp3) is 0.541. The van der Waals surface area contributed by atoms with Gasteiger partial charge in [-0.15, -0.1) is 0 Å². The van der Waals surface area contributed by atoms with Crippen molar-refractivity contribution in [3.05, 3.63) is 83.2 Å². The van der Waals surface area contributed by atoms with Gasteiger partial charge in [0.2, 0.25) is 0 Å². The van der Waals surface area contributed by atoms with Crippen LogP contribution < -0.4 is 5.73 Å². The summed E-state index contributed by atoms with van der Waals surface area (Å²) in [5, 5.41) is 22.0. The molecule has 4 saturated carbocycles. The van der Waals surface area contributed by atoms with Crippen LogP contribution in [0.3, 0.4) is 0 Å². The molecule has 0 radical (unpaired) electrons. The fourth-order valence-corrected chi connectivity index (χ4v) is 10.3. The minimum atomic E-state index is -2.04. The molecular formula is C37H41FN2O6. The van der Waals surface area contributed by atoms with Crippen molar-refractivity contribution in [2.45, 2.75) is 94.0 Å². The van der Waals surface area contributed by atoms with Crippen LogP contribution in [0.4, 0.5) is 10.1 Å². The van der Waals surface area contributed by atoms with E-state index in [2.05, 4.69) is 12.1 Å². The fourth-order valence-electron chi connectivity index (χ4n) is 10.3. The number of nitrogens with zero attached hydrogens (tertiary/aromatic N) is 1. The highest BCUT2D eigenvalue weighted by Gasteiger charge is 2.79. The third kappa shape index (κ3) is 3.83. The zero-order chi connectivity index (χ0) is 32.3. The highest BCUT2D eigenvalue weighted by Crippen LogP contribution is 2.72. The summed E-state index contributed by atoms with van der Waals surface area (Å²) in [7, 11) is 0. The third-order valence-corrected chi connectivity index (χ3v) is 13.0. The number of fused-ring (bicyclic) bond motifs is 7. The van der Waals surface area contributed by atoms with Gasteiger partial charge in [0.15, 0.2) is 29.1 Å². The second kappa shape index (κ2) is 9.89. The maximum Gasteiger partial charge on any atom is 0.193 e. The maximum absolute atomic E-state index is 17.6. The lowest BCUT2D eigenvalue weighted by Gasteiger charge is -2.62. The summed E-state index contributed by atoms with van der Waals surface area (Å²) in [6.07, 6.45) is 7.43. The summed E-state index contributed by atoms with van der Waals surface area (Å²) < 4.78 is 30.7. The number of aromatic nitrogens is 1. The number of aliphatic hydroxyl groups excluding tert-OH is 2.